The molecule has 2 aliphatic rings. The first-order valence-corrected chi connectivity index (χ1v) is 9.74. The van der Waals surface area contributed by atoms with Crippen LogP contribution < -0.4 is 4.90 Å². The highest BCUT2D eigenvalue weighted by Crippen LogP contribution is 2.25. The Morgan fingerprint density at radius 2 is 1.58 bits per heavy atom. The van der Waals surface area contributed by atoms with Gasteiger partial charge in [0.2, 0.25) is 11.8 Å². The van der Waals surface area contributed by atoms with Crippen molar-refractivity contribution in [2.24, 2.45) is 11.3 Å². The number of carbonyl (C=O) groups excluding carboxylic acids is 2. The van der Waals surface area contributed by atoms with Gasteiger partial charge >= 0.3 is 0 Å². The standard InChI is InChI=1S/C21H31N3O2/c1-21(2,3)20(26)24-11-7-8-17(16-24)19(25)23-14-12-22(13-15-23)18-9-5-4-6-10-18/h4-6,9-10,17H,7-8,11-16H2,1-3H3/t17-/m0/s1. The molecule has 1 aromatic rings. The number of piperazine rings is 1. The van der Waals surface area contributed by atoms with Crippen LogP contribution in [0.2, 0.25) is 0 Å². The number of likely N-dealkylation sites (tertiary alicyclic amines) is 1. The number of rotatable bonds is 2. The molecule has 0 aliphatic carbocycles. The van der Waals surface area contributed by atoms with Gasteiger partial charge < -0.3 is 14.7 Å². The molecule has 2 amide bonds. The zero-order chi connectivity index (χ0) is 18.7. The van der Waals surface area contributed by atoms with Crippen molar-refractivity contribution in [1.82, 2.24) is 9.80 Å². The monoisotopic (exact) mass is 357 g/mol. The van der Waals surface area contributed by atoms with E-state index < -0.39 is 0 Å². The van der Waals surface area contributed by atoms with Crippen molar-refractivity contribution in [2.45, 2.75) is 33.6 Å². The smallest absolute Gasteiger partial charge is 0.227 e. The van der Waals surface area contributed by atoms with Crippen LogP contribution in [-0.4, -0.2) is 60.9 Å². The second-order valence-electron chi connectivity index (χ2n) is 8.49. The summed E-state index contributed by atoms with van der Waals surface area (Å²) in [5, 5.41) is 0. The topological polar surface area (TPSA) is 43.9 Å². The Labute approximate surface area is 156 Å². The van der Waals surface area contributed by atoms with Gasteiger partial charge in [0.25, 0.3) is 0 Å². The third-order valence-electron chi connectivity index (χ3n) is 5.41. The molecular weight excluding hydrogens is 326 g/mol. The molecule has 3 rings (SSSR count). The van der Waals surface area contributed by atoms with Gasteiger partial charge in [-0.05, 0) is 25.0 Å². The third-order valence-corrected chi connectivity index (χ3v) is 5.41. The van der Waals surface area contributed by atoms with E-state index in [9.17, 15) is 9.59 Å². The fourth-order valence-corrected chi connectivity index (χ4v) is 3.92. The van der Waals surface area contributed by atoms with Crippen molar-refractivity contribution in [3.05, 3.63) is 30.3 Å². The van der Waals surface area contributed by atoms with Crippen LogP contribution in [0.1, 0.15) is 33.6 Å². The molecule has 5 nitrogen and oxygen atoms in total. The summed E-state index contributed by atoms with van der Waals surface area (Å²) in [5.41, 5.74) is 0.839. The van der Waals surface area contributed by atoms with Crippen LogP contribution in [0.4, 0.5) is 5.69 Å². The summed E-state index contributed by atoms with van der Waals surface area (Å²) in [6, 6.07) is 10.4. The summed E-state index contributed by atoms with van der Waals surface area (Å²) in [7, 11) is 0. The second kappa shape index (κ2) is 7.68. The molecule has 0 bridgehead atoms. The second-order valence-corrected chi connectivity index (χ2v) is 8.49. The van der Waals surface area contributed by atoms with Gasteiger partial charge in [-0.15, -0.1) is 0 Å². The molecular formula is C21H31N3O2. The third kappa shape index (κ3) is 4.19. The highest BCUT2D eigenvalue weighted by molar-refractivity contribution is 5.84. The van der Waals surface area contributed by atoms with Gasteiger partial charge in [0.15, 0.2) is 0 Å². The predicted octanol–water partition coefficient (Wildman–Crippen LogP) is 2.62. The number of piperidine rings is 1. The van der Waals surface area contributed by atoms with Gasteiger partial charge in [0.1, 0.15) is 0 Å². The van der Waals surface area contributed by atoms with Gasteiger partial charge in [0, 0.05) is 50.4 Å². The molecule has 1 atom stereocenters. The molecule has 142 valence electrons. The number of hydrogen-bond acceptors (Lipinski definition) is 3. The number of benzene rings is 1. The van der Waals surface area contributed by atoms with Crippen molar-refractivity contribution >= 4 is 17.5 Å². The lowest BCUT2D eigenvalue weighted by atomic mass is 9.90. The van der Waals surface area contributed by atoms with Crippen molar-refractivity contribution in [3.63, 3.8) is 0 Å². The number of nitrogens with zero attached hydrogens (tertiary/aromatic N) is 3. The molecule has 5 heteroatoms. The lowest BCUT2D eigenvalue weighted by molar-refractivity contribution is -0.145. The number of para-hydroxylation sites is 1. The average Bonchev–Trinajstić information content (AvgIpc) is 2.67. The van der Waals surface area contributed by atoms with Crippen LogP contribution in [0, 0.1) is 11.3 Å². The molecule has 0 N–H and O–H groups in total. The fraction of sp³-hybridized carbons (Fsp3) is 0.619. The minimum atomic E-state index is -0.383. The van der Waals surface area contributed by atoms with Crippen molar-refractivity contribution in [3.8, 4) is 0 Å². The molecule has 2 fully saturated rings. The molecule has 0 saturated carbocycles. The number of anilines is 1. The van der Waals surface area contributed by atoms with Gasteiger partial charge in [-0.25, -0.2) is 0 Å². The molecule has 0 unspecified atom stereocenters. The minimum absolute atomic E-state index is 0.0432. The maximum atomic E-state index is 13.0. The van der Waals surface area contributed by atoms with E-state index in [0.717, 1.165) is 45.6 Å². The van der Waals surface area contributed by atoms with E-state index in [2.05, 4.69) is 29.2 Å². The van der Waals surface area contributed by atoms with Crippen molar-refractivity contribution in [2.75, 3.05) is 44.2 Å². The van der Waals surface area contributed by atoms with Crippen molar-refractivity contribution in [1.29, 1.82) is 0 Å². The number of hydrogen-bond donors (Lipinski definition) is 0. The molecule has 2 heterocycles. The Morgan fingerprint density at radius 3 is 2.19 bits per heavy atom. The minimum Gasteiger partial charge on any atom is -0.368 e. The van der Waals surface area contributed by atoms with Crippen LogP contribution in [-0.2, 0) is 9.59 Å². The van der Waals surface area contributed by atoms with Gasteiger partial charge in [-0.3, -0.25) is 9.59 Å². The van der Waals surface area contributed by atoms with Crippen LogP contribution in [0.3, 0.4) is 0 Å². The summed E-state index contributed by atoms with van der Waals surface area (Å²) in [6.45, 7) is 10.5. The predicted molar refractivity (Wildman–Crippen MR) is 104 cm³/mol. The molecule has 1 aromatic carbocycles. The molecule has 2 saturated heterocycles. The van der Waals surface area contributed by atoms with Crippen molar-refractivity contribution < 1.29 is 9.59 Å². The van der Waals surface area contributed by atoms with E-state index in [4.69, 9.17) is 0 Å². The maximum Gasteiger partial charge on any atom is 0.227 e. The van der Waals surface area contributed by atoms with Crippen LogP contribution >= 0.6 is 0 Å². The average molecular weight is 357 g/mol. The van der Waals surface area contributed by atoms with E-state index in [1.807, 2.05) is 36.6 Å². The molecule has 2 aliphatic heterocycles. The lowest BCUT2D eigenvalue weighted by Gasteiger charge is -2.40. The first kappa shape index (κ1) is 18.7. The summed E-state index contributed by atoms with van der Waals surface area (Å²) < 4.78 is 0. The largest absolute Gasteiger partial charge is 0.368 e. The highest BCUT2D eigenvalue weighted by atomic mass is 16.2. The highest BCUT2D eigenvalue weighted by Gasteiger charge is 2.35. The zero-order valence-corrected chi connectivity index (χ0v) is 16.3. The van der Waals surface area contributed by atoms with E-state index in [-0.39, 0.29) is 23.1 Å². The quantitative estimate of drug-likeness (QED) is 0.817. The Kier molecular flexibility index (Phi) is 5.54. The number of carbonyl (C=O) groups is 2. The molecule has 26 heavy (non-hydrogen) atoms. The summed E-state index contributed by atoms with van der Waals surface area (Å²) in [6.07, 6.45) is 1.81. The van der Waals surface area contributed by atoms with Crippen LogP contribution in [0.25, 0.3) is 0 Å². The van der Waals surface area contributed by atoms with E-state index in [0.29, 0.717) is 6.54 Å². The zero-order valence-electron chi connectivity index (χ0n) is 16.3. The summed E-state index contributed by atoms with van der Waals surface area (Å²) in [5.74, 6) is 0.339. The van der Waals surface area contributed by atoms with E-state index in [1.165, 1.54) is 5.69 Å². The Balaban J connectivity index is 1.56. The van der Waals surface area contributed by atoms with Gasteiger partial charge in [0.05, 0.1) is 5.92 Å². The normalized spacial score (nSPS) is 21.7. The Morgan fingerprint density at radius 1 is 0.923 bits per heavy atom. The first-order valence-electron chi connectivity index (χ1n) is 9.74. The Bertz CT molecular complexity index is 630. The summed E-state index contributed by atoms with van der Waals surface area (Å²) in [4.78, 5) is 31.8. The Hall–Kier alpha value is -2.04. The number of amides is 2. The van der Waals surface area contributed by atoms with Gasteiger partial charge in [-0.1, -0.05) is 39.0 Å². The van der Waals surface area contributed by atoms with Gasteiger partial charge in [-0.2, -0.15) is 0 Å². The summed E-state index contributed by atoms with van der Waals surface area (Å²) >= 11 is 0. The van der Waals surface area contributed by atoms with E-state index in [1.54, 1.807) is 0 Å². The first-order chi connectivity index (χ1) is 12.4. The van der Waals surface area contributed by atoms with Crippen LogP contribution in [0.5, 0.6) is 0 Å². The van der Waals surface area contributed by atoms with E-state index >= 15 is 0 Å². The molecule has 0 spiro atoms. The fourth-order valence-electron chi connectivity index (χ4n) is 3.92. The maximum absolute atomic E-state index is 13.0. The molecule has 0 radical (unpaired) electrons. The SMILES string of the molecule is CC(C)(C)C(=O)N1CCC[C@H](C(=O)N2CCN(c3ccccc3)CC2)C1. The molecule has 0 aromatic heterocycles. The van der Waals surface area contributed by atoms with Crippen LogP contribution in [0.15, 0.2) is 30.3 Å². The lowest BCUT2D eigenvalue weighted by Crippen LogP contribution is -2.54.